The molecule has 1 aliphatic heterocycles. The number of benzene rings is 3. The Bertz CT molecular complexity index is 917. The van der Waals surface area contributed by atoms with Crippen molar-refractivity contribution in [3.8, 4) is 0 Å². The molecule has 0 fully saturated rings. The van der Waals surface area contributed by atoms with Gasteiger partial charge in [0.05, 0.1) is 12.2 Å². The van der Waals surface area contributed by atoms with E-state index >= 15 is 0 Å². The summed E-state index contributed by atoms with van der Waals surface area (Å²) in [6.07, 6.45) is 0. The highest BCUT2D eigenvalue weighted by molar-refractivity contribution is 6.30. The fourth-order valence-electron chi connectivity index (χ4n) is 2.96. The molecule has 0 N–H and O–H groups in total. The van der Waals surface area contributed by atoms with E-state index in [0.717, 1.165) is 16.5 Å². The third-order valence-electron chi connectivity index (χ3n) is 3.99. The van der Waals surface area contributed by atoms with Crippen molar-refractivity contribution >= 4 is 34.0 Å². The molecule has 0 aromatic heterocycles. The van der Waals surface area contributed by atoms with Gasteiger partial charge in [-0.3, -0.25) is 4.79 Å². The summed E-state index contributed by atoms with van der Waals surface area (Å²) in [5.41, 5.74) is 1.94. The second-order valence-electron chi connectivity index (χ2n) is 5.31. The molecular formula is C18H11ClFNO. The molecule has 1 heterocycles. The zero-order valence-corrected chi connectivity index (χ0v) is 12.3. The molecule has 0 aliphatic carbocycles. The molecule has 108 valence electrons. The van der Waals surface area contributed by atoms with Crippen molar-refractivity contribution in [2.45, 2.75) is 6.54 Å². The molecule has 0 spiro atoms. The van der Waals surface area contributed by atoms with E-state index in [1.807, 2.05) is 36.4 Å². The van der Waals surface area contributed by atoms with Crippen LogP contribution < -0.4 is 4.90 Å². The predicted octanol–water partition coefficient (Wildman–Crippen LogP) is 4.79. The topological polar surface area (TPSA) is 20.3 Å². The molecule has 22 heavy (non-hydrogen) atoms. The van der Waals surface area contributed by atoms with E-state index in [1.54, 1.807) is 17.0 Å². The zero-order chi connectivity index (χ0) is 15.3. The van der Waals surface area contributed by atoms with E-state index in [2.05, 4.69) is 0 Å². The highest BCUT2D eigenvalue weighted by Gasteiger charge is 2.29. The summed E-state index contributed by atoms with van der Waals surface area (Å²) in [5, 5.41) is 2.30. The monoisotopic (exact) mass is 311 g/mol. The molecule has 0 atom stereocenters. The third-order valence-corrected chi connectivity index (χ3v) is 4.23. The number of nitrogens with zero attached hydrogens (tertiary/aromatic N) is 1. The van der Waals surface area contributed by atoms with Crippen molar-refractivity contribution in [3.05, 3.63) is 76.6 Å². The minimum absolute atomic E-state index is 0.0962. The zero-order valence-electron chi connectivity index (χ0n) is 11.5. The van der Waals surface area contributed by atoms with E-state index in [0.29, 0.717) is 16.1 Å². The first-order valence-corrected chi connectivity index (χ1v) is 7.30. The largest absolute Gasteiger partial charge is 0.303 e. The van der Waals surface area contributed by atoms with Crippen molar-refractivity contribution in [2.24, 2.45) is 0 Å². The number of hydrogen-bond acceptors (Lipinski definition) is 1. The molecule has 2 nitrogen and oxygen atoms in total. The lowest BCUT2D eigenvalue weighted by molar-refractivity contribution is 0.0991. The fraction of sp³-hybridized carbons (Fsp3) is 0.0556. The summed E-state index contributed by atoms with van der Waals surface area (Å²) in [6, 6.07) is 15.9. The number of carbonyl (C=O) groups excluding carboxylic acids is 1. The van der Waals surface area contributed by atoms with Gasteiger partial charge in [0, 0.05) is 21.5 Å². The summed E-state index contributed by atoms with van der Waals surface area (Å²) >= 11 is 5.78. The number of rotatable bonds is 2. The maximum atomic E-state index is 14.0. The summed E-state index contributed by atoms with van der Waals surface area (Å²) in [7, 11) is 0. The SMILES string of the molecule is O=C1c2cccc3cccc(c23)N1Cc1ccc(Cl)cc1F. The smallest absolute Gasteiger partial charge is 0.259 e. The number of halogens is 2. The lowest BCUT2D eigenvalue weighted by atomic mass is 10.1. The van der Waals surface area contributed by atoms with Crippen LogP contribution in [0, 0.1) is 5.82 Å². The molecule has 0 bridgehead atoms. The Morgan fingerprint density at radius 1 is 1.05 bits per heavy atom. The second-order valence-corrected chi connectivity index (χ2v) is 5.74. The second kappa shape index (κ2) is 4.82. The first-order valence-electron chi connectivity index (χ1n) is 6.93. The quantitative estimate of drug-likeness (QED) is 0.666. The molecule has 3 aromatic carbocycles. The molecule has 0 saturated heterocycles. The van der Waals surface area contributed by atoms with Crippen LogP contribution in [0.3, 0.4) is 0 Å². The van der Waals surface area contributed by atoms with Gasteiger partial charge >= 0.3 is 0 Å². The molecule has 0 saturated carbocycles. The standard InChI is InChI=1S/C18H11ClFNO/c19-13-8-7-12(15(20)9-13)10-21-16-6-2-4-11-3-1-5-14(17(11)16)18(21)22/h1-9H,10H2. The molecule has 0 unspecified atom stereocenters. The highest BCUT2D eigenvalue weighted by atomic mass is 35.5. The van der Waals surface area contributed by atoms with E-state index in [4.69, 9.17) is 11.6 Å². The maximum Gasteiger partial charge on any atom is 0.259 e. The molecule has 0 radical (unpaired) electrons. The number of carbonyl (C=O) groups is 1. The Hall–Kier alpha value is -2.39. The van der Waals surface area contributed by atoms with E-state index in [9.17, 15) is 9.18 Å². The van der Waals surface area contributed by atoms with Crippen molar-refractivity contribution in [2.75, 3.05) is 4.90 Å². The van der Waals surface area contributed by atoms with Crippen LogP contribution in [0.1, 0.15) is 15.9 Å². The Labute approximate surface area is 131 Å². The Kier molecular flexibility index (Phi) is 2.91. The van der Waals surface area contributed by atoms with E-state index in [-0.39, 0.29) is 12.5 Å². The lowest BCUT2D eigenvalue weighted by Crippen LogP contribution is -2.26. The number of hydrogen-bond donors (Lipinski definition) is 0. The molecular weight excluding hydrogens is 301 g/mol. The van der Waals surface area contributed by atoms with Crippen molar-refractivity contribution in [1.82, 2.24) is 0 Å². The maximum absolute atomic E-state index is 14.0. The minimum Gasteiger partial charge on any atom is -0.303 e. The Morgan fingerprint density at radius 2 is 1.82 bits per heavy atom. The first-order chi connectivity index (χ1) is 10.6. The van der Waals surface area contributed by atoms with Gasteiger partial charge < -0.3 is 4.90 Å². The molecule has 4 rings (SSSR count). The van der Waals surface area contributed by atoms with Crippen molar-refractivity contribution in [1.29, 1.82) is 0 Å². The normalized spacial score (nSPS) is 13.2. The van der Waals surface area contributed by atoms with E-state index in [1.165, 1.54) is 6.07 Å². The van der Waals surface area contributed by atoms with Gasteiger partial charge in [0.1, 0.15) is 5.82 Å². The Morgan fingerprint density at radius 3 is 2.59 bits per heavy atom. The summed E-state index contributed by atoms with van der Waals surface area (Å²) in [6.45, 7) is 0.190. The first kappa shape index (κ1) is 13.3. The van der Waals surface area contributed by atoms with Gasteiger partial charge in [-0.05, 0) is 29.7 Å². The number of anilines is 1. The Balaban J connectivity index is 1.82. The van der Waals surface area contributed by atoms with Gasteiger partial charge in [0.25, 0.3) is 5.91 Å². The van der Waals surface area contributed by atoms with Crippen LogP contribution in [0.25, 0.3) is 10.8 Å². The summed E-state index contributed by atoms with van der Waals surface area (Å²) in [5.74, 6) is -0.496. The van der Waals surface area contributed by atoms with Gasteiger partial charge in [-0.2, -0.15) is 0 Å². The van der Waals surface area contributed by atoms with Crippen LogP contribution in [-0.4, -0.2) is 5.91 Å². The average Bonchev–Trinajstić information content (AvgIpc) is 2.78. The van der Waals surface area contributed by atoms with Crippen LogP contribution in [0.2, 0.25) is 5.02 Å². The van der Waals surface area contributed by atoms with Crippen molar-refractivity contribution in [3.63, 3.8) is 0 Å². The summed E-state index contributed by atoms with van der Waals surface area (Å²) < 4.78 is 14.0. The molecule has 1 amide bonds. The minimum atomic E-state index is -0.400. The molecule has 1 aliphatic rings. The lowest BCUT2D eigenvalue weighted by Gasteiger charge is -2.18. The van der Waals surface area contributed by atoms with Crippen LogP contribution in [0.5, 0.6) is 0 Å². The van der Waals surface area contributed by atoms with Crippen LogP contribution >= 0.6 is 11.6 Å². The highest BCUT2D eigenvalue weighted by Crippen LogP contribution is 2.38. The van der Waals surface area contributed by atoms with Crippen LogP contribution in [-0.2, 0) is 6.54 Å². The van der Waals surface area contributed by atoms with Gasteiger partial charge in [-0.1, -0.05) is 41.9 Å². The van der Waals surface area contributed by atoms with Gasteiger partial charge in [-0.15, -0.1) is 0 Å². The molecule has 3 aromatic rings. The average molecular weight is 312 g/mol. The van der Waals surface area contributed by atoms with Crippen molar-refractivity contribution < 1.29 is 9.18 Å². The third kappa shape index (κ3) is 1.90. The summed E-state index contributed by atoms with van der Waals surface area (Å²) in [4.78, 5) is 14.3. The predicted molar refractivity (Wildman–Crippen MR) is 85.9 cm³/mol. The van der Waals surface area contributed by atoms with Gasteiger partial charge in [0.2, 0.25) is 0 Å². The van der Waals surface area contributed by atoms with Gasteiger partial charge in [0.15, 0.2) is 0 Å². The number of amides is 1. The van der Waals surface area contributed by atoms with Gasteiger partial charge in [-0.25, -0.2) is 4.39 Å². The van der Waals surface area contributed by atoms with Crippen LogP contribution in [0.15, 0.2) is 54.6 Å². The molecule has 4 heteroatoms. The van der Waals surface area contributed by atoms with Crippen LogP contribution in [0.4, 0.5) is 10.1 Å². The fourth-order valence-corrected chi connectivity index (χ4v) is 3.12. The van der Waals surface area contributed by atoms with E-state index < -0.39 is 5.82 Å².